The van der Waals surface area contributed by atoms with E-state index < -0.39 is 11.9 Å². The van der Waals surface area contributed by atoms with Crippen molar-refractivity contribution in [1.82, 2.24) is 4.98 Å². The molecule has 6 nitrogen and oxygen atoms in total. The summed E-state index contributed by atoms with van der Waals surface area (Å²) in [5, 5.41) is 3.08. The Kier molecular flexibility index (Phi) is 4.55. The Morgan fingerprint density at radius 3 is 2.58 bits per heavy atom. The van der Waals surface area contributed by atoms with E-state index >= 15 is 0 Å². The molecule has 1 saturated carbocycles. The van der Waals surface area contributed by atoms with Crippen LogP contribution in [-0.4, -0.2) is 16.9 Å². The fourth-order valence-corrected chi connectivity index (χ4v) is 3.37. The molecule has 24 heavy (non-hydrogen) atoms. The number of carbonyl (C=O) groups is 2. The summed E-state index contributed by atoms with van der Waals surface area (Å²) in [6.45, 7) is 0. The van der Waals surface area contributed by atoms with Gasteiger partial charge in [0.05, 0.1) is 5.56 Å². The van der Waals surface area contributed by atoms with Crippen LogP contribution in [0.2, 0.25) is 0 Å². The molecule has 0 aliphatic heterocycles. The van der Waals surface area contributed by atoms with Gasteiger partial charge in [0.15, 0.2) is 0 Å². The van der Waals surface area contributed by atoms with Crippen LogP contribution in [0.1, 0.15) is 48.0 Å². The van der Waals surface area contributed by atoms with E-state index in [4.69, 9.17) is 11.5 Å². The molecular formula is C18H22N4O2. The molecule has 0 unspecified atom stereocenters. The number of nitrogens with one attached hydrogen (secondary N) is 2. The number of urea groups is 1. The van der Waals surface area contributed by atoms with E-state index in [9.17, 15) is 9.59 Å². The minimum atomic E-state index is -0.749. The van der Waals surface area contributed by atoms with Crippen LogP contribution >= 0.6 is 0 Å². The molecule has 0 bridgehead atoms. The molecule has 0 spiro atoms. The van der Waals surface area contributed by atoms with E-state index in [1.54, 1.807) is 0 Å². The van der Waals surface area contributed by atoms with Crippen LogP contribution in [0, 0.1) is 5.92 Å². The number of aromatic nitrogens is 1. The fraction of sp³-hybridized carbons (Fsp3) is 0.333. The number of allylic oxidation sites excluding steroid dienone is 1. The van der Waals surface area contributed by atoms with Crippen molar-refractivity contribution >= 4 is 34.7 Å². The van der Waals surface area contributed by atoms with Crippen molar-refractivity contribution in [1.29, 1.82) is 0 Å². The van der Waals surface area contributed by atoms with Gasteiger partial charge in [-0.2, -0.15) is 0 Å². The molecule has 0 saturated heterocycles. The smallest absolute Gasteiger partial charge is 0.317 e. The van der Waals surface area contributed by atoms with Crippen LogP contribution in [0.15, 0.2) is 24.3 Å². The first-order valence-electron chi connectivity index (χ1n) is 8.25. The second kappa shape index (κ2) is 6.78. The number of nitrogens with two attached hydrogens (primary N) is 2. The zero-order valence-corrected chi connectivity index (χ0v) is 13.5. The molecule has 3 amide bonds. The third-order valence-electron chi connectivity index (χ3n) is 4.53. The molecule has 2 aromatic rings. The fourth-order valence-electron chi connectivity index (χ4n) is 3.37. The summed E-state index contributed by atoms with van der Waals surface area (Å²) in [6, 6.07) is 4.96. The van der Waals surface area contributed by atoms with Crippen molar-refractivity contribution < 1.29 is 9.59 Å². The Balaban J connectivity index is 1.91. The highest BCUT2D eigenvalue weighted by Crippen LogP contribution is 2.28. The molecule has 0 radical (unpaired) electrons. The number of H-pyrrole nitrogens is 1. The molecule has 126 valence electrons. The third kappa shape index (κ3) is 3.42. The highest BCUT2D eigenvalue weighted by atomic mass is 16.2. The summed E-state index contributed by atoms with van der Waals surface area (Å²) in [6.07, 6.45) is 10.8. The van der Waals surface area contributed by atoms with Crippen LogP contribution in [-0.2, 0) is 0 Å². The molecule has 1 aliphatic carbocycles. The van der Waals surface area contributed by atoms with E-state index in [1.807, 2.05) is 18.2 Å². The van der Waals surface area contributed by atoms with Crippen molar-refractivity contribution in [2.45, 2.75) is 32.1 Å². The molecule has 1 aliphatic rings. The second-order valence-electron chi connectivity index (χ2n) is 6.29. The van der Waals surface area contributed by atoms with Crippen LogP contribution in [0.3, 0.4) is 0 Å². The Labute approximate surface area is 140 Å². The average Bonchev–Trinajstić information content (AvgIpc) is 2.90. The molecule has 0 atom stereocenters. The van der Waals surface area contributed by atoms with E-state index in [2.05, 4.69) is 22.5 Å². The van der Waals surface area contributed by atoms with Gasteiger partial charge in [0, 0.05) is 10.9 Å². The number of rotatable bonds is 4. The van der Waals surface area contributed by atoms with Crippen molar-refractivity contribution in [2.24, 2.45) is 17.4 Å². The summed E-state index contributed by atoms with van der Waals surface area (Å²) in [4.78, 5) is 25.8. The van der Waals surface area contributed by atoms with Crippen molar-refractivity contribution in [3.63, 3.8) is 0 Å². The van der Waals surface area contributed by atoms with Crippen LogP contribution in [0.25, 0.3) is 17.0 Å². The van der Waals surface area contributed by atoms with E-state index in [0.717, 1.165) is 11.1 Å². The quantitative estimate of drug-likeness (QED) is 0.690. The average molecular weight is 326 g/mol. The predicted octanol–water partition coefficient (Wildman–Crippen LogP) is 3.35. The number of carbonyl (C=O) groups excluding carboxylic acids is 2. The van der Waals surface area contributed by atoms with Crippen LogP contribution in [0.5, 0.6) is 0 Å². The number of benzene rings is 1. The molecule has 1 heterocycles. The van der Waals surface area contributed by atoms with Crippen LogP contribution < -0.4 is 16.8 Å². The first-order chi connectivity index (χ1) is 11.5. The number of hydrogen-bond donors (Lipinski definition) is 4. The Morgan fingerprint density at radius 2 is 1.92 bits per heavy atom. The Hall–Kier alpha value is -2.76. The van der Waals surface area contributed by atoms with E-state index in [0.29, 0.717) is 11.3 Å². The maximum Gasteiger partial charge on any atom is 0.317 e. The molecule has 1 aromatic carbocycles. The highest BCUT2D eigenvalue weighted by molar-refractivity contribution is 6.13. The number of hydrogen-bond acceptors (Lipinski definition) is 2. The molecule has 1 fully saturated rings. The number of fused-ring (bicyclic) bond motifs is 1. The van der Waals surface area contributed by atoms with Gasteiger partial charge in [0.2, 0.25) is 0 Å². The summed E-state index contributed by atoms with van der Waals surface area (Å²) >= 11 is 0. The minimum Gasteiger partial charge on any atom is -0.365 e. The first-order valence-corrected chi connectivity index (χ1v) is 8.25. The zero-order chi connectivity index (χ0) is 17.1. The van der Waals surface area contributed by atoms with Gasteiger partial charge in [-0.15, -0.1) is 0 Å². The number of amides is 3. The Bertz CT molecular complexity index is 801. The lowest BCUT2D eigenvalue weighted by Gasteiger charge is -2.17. The normalized spacial score (nSPS) is 15.8. The topological polar surface area (TPSA) is 114 Å². The van der Waals surface area contributed by atoms with Gasteiger partial charge in [0.25, 0.3) is 5.91 Å². The third-order valence-corrected chi connectivity index (χ3v) is 4.53. The standard InChI is InChI=1S/C18H22N4O2/c19-16(23)15-13-9-8-12(7-6-11-4-2-1-3-5-11)10-14(13)21-17(15)22-18(20)24/h6-11,21H,1-5H2,(H2,19,23)(H3,20,22,24). The highest BCUT2D eigenvalue weighted by Gasteiger charge is 2.17. The summed E-state index contributed by atoms with van der Waals surface area (Å²) in [7, 11) is 0. The van der Waals surface area contributed by atoms with Gasteiger partial charge in [-0.3, -0.25) is 10.1 Å². The molecule has 6 N–H and O–H groups in total. The number of aromatic amines is 1. The summed E-state index contributed by atoms with van der Waals surface area (Å²) < 4.78 is 0. The van der Waals surface area contributed by atoms with E-state index in [1.165, 1.54) is 32.1 Å². The maximum atomic E-state index is 11.7. The number of primary amides is 2. The summed E-state index contributed by atoms with van der Waals surface area (Å²) in [5.41, 5.74) is 12.6. The van der Waals surface area contributed by atoms with Gasteiger partial charge >= 0.3 is 6.03 Å². The van der Waals surface area contributed by atoms with Gasteiger partial charge in [-0.25, -0.2) is 4.79 Å². The van der Waals surface area contributed by atoms with E-state index in [-0.39, 0.29) is 11.4 Å². The van der Waals surface area contributed by atoms with Gasteiger partial charge in [-0.1, -0.05) is 43.5 Å². The lowest BCUT2D eigenvalue weighted by Crippen LogP contribution is -2.22. The van der Waals surface area contributed by atoms with Crippen molar-refractivity contribution in [2.75, 3.05) is 5.32 Å². The zero-order valence-electron chi connectivity index (χ0n) is 13.5. The van der Waals surface area contributed by atoms with Crippen molar-refractivity contribution in [3.8, 4) is 0 Å². The SMILES string of the molecule is NC(=O)Nc1[nH]c2cc(C=CC3CCCCC3)ccc2c1C(N)=O. The number of anilines is 1. The van der Waals surface area contributed by atoms with Crippen LogP contribution in [0.4, 0.5) is 10.6 Å². The second-order valence-corrected chi connectivity index (χ2v) is 6.29. The largest absolute Gasteiger partial charge is 0.365 e. The monoisotopic (exact) mass is 326 g/mol. The maximum absolute atomic E-state index is 11.7. The molecule has 1 aromatic heterocycles. The van der Waals surface area contributed by atoms with Crippen molar-refractivity contribution in [3.05, 3.63) is 35.4 Å². The Morgan fingerprint density at radius 1 is 1.17 bits per heavy atom. The predicted molar refractivity (Wildman–Crippen MR) is 95.6 cm³/mol. The van der Waals surface area contributed by atoms with Gasteiger partial charge in [0.1, 0.15) is 5.82 Å². The van der Waals surface area contributed by atoms with Gasteiger partial charge in [-0.05, 0) is 30.4 Å². The molecule has 6 heteroatoms. The molecular weight excluding hydrogens is 304 g/mol. The van der Waals surface area contributed by atoms with Gasteiger partial charge < -0.3 is 16.5 Å². The molecule has 3 rings (SSSR count). The lowest BCUT2D eigenvalue weighted by molar-refractivity contribution is 0.100. The lowest BCUT2D eigenvalue weighted by atomic mass is 9.89. The minimum absolute atomic E-state index is 0.235. The summed E-state index contributed by atoms with van der Waals surface area (Å²) in [5.74, 6) is 0.264. The first kappa shape index (κ1) is 16.1.